The van der Waals surface area contributed by atoms with Crippen molar-refractivity contribution in [1.82, 2.24) is 9.78 Å². The highest BCUT2D eigenvalue weighted by atomic mass is 19.1. The van der Waals surface area contributed by atoms with Crippen LogP contribution in [0, 0.1) is 11.6 Å². The van der Waals surface area contributed by atoms with Crippen molar-refractivity contribution >= 4 is 5.78 Å². The van der Waals surface area contributed by atoms with E-state index in [1.807, 2.05) is 13.8 Å². The van der Waals surface area contributed by atoms with Crippen molar-refractivity contribution in [3.8, 4) is 0 Å². The molecule has 0 aliphatic rings. The number of nitrogens with zero attached hydrogens (tertiary/aromatic N) is 2. The largest absolute Gasteiger partial charge is 0.294 e. The maximum atomic E-state index is 13.0. The van der Waals surface area contributed by atoms with Gasteiger partial charge in [0.1, 0.15) is 11.6 Å². The predicted molar refractivity (Wildman–Crippen MR) is 67.0 cm³/mol. The first-order chi connectivity index (χ1) is 8.95. The number of hydrogen-bond acceptors (Lipinski definition) is 2. The van der Waals surface area contributed by atoms with Gasteiger partial charge in [0.25, 0.3) is 0 Å². The van der Waals surface area contributed by atoms with Gasteiger partial charge in [-0.15, -0.1) is 0 Å². The first-order valence-electron chi connectivity index (χ1n) is 5.99. The highest BCUT2D eigenvalue weighted by Gasteiger charge is 2.12. The monoisotopic (exact) mass is 264 g/mol. The summed E-state index contributed by atoms with van der Waals surface area (Å²) in [5.41, 5.74) is 0.611. The number of Topliss-reactive ketones (excluding diaryl/α,β-unsaturated/α-hetero) is 1. The molecule has 0 aliphatic carbocycles. The summed E-state index contributed by atoms with van der Waals surface area (Å²) >= 11 is 0. The van der Waals surface area contributed by atoms with Gasteiger partial charge in [-0.3, -0.25) is 9.48 Å². The Morgan fingerprint density at radius 2 is 1.89 bits per heavy atom. The molecule has 0 aliphatic heterocycles. The van der Waals surface area contributed by atoms with Gasteiger partial charge in [0.05, 0.1) is 12.1 Å². The molecule has 0 fully saturated rings. The minimum atomic E-state index is -0.754. The summed E-state index contributed by atoms with van der Waals surface area (Å²) in [7, 11) is 0. The average molecular weight is 264 g/mol. The molecule has 0 unspecified atom stereocenters. The van der Waals surface area contributed by atoms with Crippen molar-refractivity contribution in [2.75, 3.05) is 0 Å². The van der Waals surface area contributed by atoms with Crippen molar-refractivity contribution in [3.63, 3.8) is 0 Å². The van der Waals surface area contributed by atoms with E-state index in [1.165, 1.54) is 0 Å². The van der Waals surface area contributed by atoms with Gasteiger partial charge < -0.3 is 0 Å². The van der Waals surface area contributed by atoms with Gasteiger partial charge in [-0.2, -0.15) is 5.10 Å². The number of halogens is 2. The lowest BCUT2D eigenvalue weighted by atomic mass is 10.1. The fourth-order valence-electron chi connectivity index (χ4n) is 1.74. The third-order valence-electron chi connectivity index (χ3n) is 2.72. The number of carbonyl (C=O) groups is 1. The van der Waals surface area contributed by atoms with Gasteiger partial charge in [0.15, 0.2) is 5.78 Å². The average Bonchev–Trinajstić information content (AvgIpc) is 2.76. The highest BCUT2D eigenvalue weighted by molar-refractivity contribution is 5.97. The third kappa shape index (κ3) is 3.24. The minimum Gasteiger partial charge on any atom is -0.294 e. The number of ketones is 1. The topological polar surface area (TPSA) is 34.9 Å². The molecule has 0 spiro atoms. The standard InChI is InChI=1S/C14H14F2N2O/c1-9(2)18-4-3-13(17-18)8-14(19)10-5-11(15)7-12(16)6-10/h3-7,9H,8H2,1-2H3. The van der Waals surface area contributed by atoms with E-state index in [-0.39, 0.29) is 23.8 Å². The van der Waals surface area contributed by atoms with Crippen LogP contribution in [0.2, 0.25) is 0 Å². The summed E-state index contributed by atoms with van der Waals surface area (Å²) in [5.74, 6) is -1.86. The fraction of sp³-hybridized carbons (Fsp3) is 0.286. The van der Waals surface area contributed by atoms with Crippen LogP contribution in [-0.2, 0) is 6.42 Å². The van der Waals surface area contributed by atoms with Gasteiger partial charge in [-0.05, 0) is 32.0 Å². The molecule has 0 saturated heterocycles. The second-order valence-corrected chi connectivity index (χ2v) is 4.64. The zero-order valence-corrected chi connectivity index (χ0v) is 10.7. The Labute approximate surface area is 109 Å². The number of hydrogen-bond donors (Lipinski definition) is 0. The number of aromatic nitrogens is 2. The first kappa shape index (κ1) is 13.4. The third-order valence-corrected chi connectivity index (χ3v) is 2.72. The van der Waals surface area contributed by atoms with Gasteiger partial charge in [-0.25, -0.2) is 8.78 Å². The summed E-state index contributed by atoms with van der Waals surface area (Å²) < 4.78 is 27.8. The smallest absolute Gasteiger partial charge is 0.169 e. The molecule has 1 aromatic heterocycles. The molecule has 1 aromatic carbocycles. The van der Waals surface area contributed by atoms with Crippen LogP contribution in [0.4, 0.5) is 8.78 Å². The summed E-state index contributed by atoms with van der Waals surface area (Å²) in [4.78, 5) is 11.9. The summed E-state index contributed by atoms with van der Waals surface area (Å²) in [6.45, 7) is 3.95. The summed E-state index contributed by atoms with van der Waals surface area (Å²) in [6.07, 6.45) is 1.81. The SMILES string of the molecule is CC(C)n1ccc(CC(=O)c2cc(F)cc(F)c2)n1. The Morgan fingerprint density at radius 1 is 1.26 bits per heavy atom. The molecular formula is C14H14F2N2O. The maximum absolute atomic E-state index is 13.0. The van der Waals surface area contributed by atoms with Crippen LogP contribution in [0.3, 0.4) is 0 Å². The maximum Gasteiger partial charge on any atom is 0.169 e. The second-order valence-electron chi connectivity index (χ2n) is 4.64. The Hall–Kier alpha value is -2.04. The van der Waals surface area contributed by atoms with Crippen LogP contribution in [0.5, 0.6) is 0 Å². The molecule has 0 radical (unpaired) electrons. The molecule has 2 rings (SSSR count). The Balaban J connectivity index is 2.15. The minimum absolute atomic E-state index is 0.0246. The van der Waals surface area contributed by atoms with Gasteiger partial charge in [0, 0.05) is 23.9 Å². The van der Waals surface area contributed by atoms with Gasteiger partial charge >= 0.3 is 0 Å². The lowest BCUT2D eigenvalue weighted by molar-refractivity contribution is 0.0990. The van der Waals surface area contributed by atoms with Crippen molar-refractivity contribution in [2.45, 2.75) is 26.3 Å². The molecule has 2 aromatic rings. The van der Waals surface area contributed by atoms with Gasteiger partial charge in [-0.1, -0.05) is 0 Å². The molecule has 0 N–H and O–H groups in total. The lowest BCUT2D eigenvalue weighted by Gasteiger charge is -2.04. The van der Waals surface area contributed by atoms with E-state index >= 15 is 0 Å². The van der Waals surface area contributed by atoms with E-state index in [0.717, 1.165) is 18.2 Å². The molecule has 0 atom stereocenters. The van der Waals surface area contributed by atoms with Crippen molar-refractivity contribution in [3.05, 3.63) is 53.4 Å². The summed E-state index contributed by atoms with van der Waals surface area (Å²) in [6, 6.07) is 4.74. The van der Waals surface area contributed by atoms with E-state index in [9.17, 15) is 13.6 Å². The van der Waals surface area contributed by atoms with Crippen molar-refractivity contribution in [2.24, 2.45) is 0 Å². The normalized spacial score (nSPS) is 11.0. The lowest BCUT2D eigenvalue weighted by Crippen LogP contribution is -2.07. The first-order valence-corrected chi connectivity index (χ1v) is 5.99. The van der Waals surface area contributed by atoms with E-state index in [4.69, 9.17) is 0 Å². The molecule has 0 bridgehead atoms. The van der Waals surface area contributed by atoms with Crippen LogP contribution >= 0.6 is 0 Å². The number of benzene rings is 1. The van der Waals surface area contributed by atoms with Crippen LogP contribution in [0.25, 0.3) is 0 Å². The Bertz CT molecular complexity index is 585. The molecule has 3 nitrogen and oxygen atoms in total. The summed E-state index contributed by atoms with van der Waals surface area (Å²) in [5, 5.41) is 4.23. The van der Waals surface area contributed by atoms with E-state index in [0.29, 0.717) is 5.69 Å². The van der Waals surface area contributed by atoms with Crippen LogP contribution in [-0.4, -0.2) is 15.6 Å². The Kier molecular flexibility index (Phi) is 3.74. The zero-order valence-electron chi connectivity index (χ0n) is 10.7. The van der Waals surface area contributed by atoms with E-state index < -0.39 is 11.6 Å². The number of rotatable bonds is 4. The quantitative estimate of drug-likeness (QED) is 0.795. The van der Waals surface area contributed by atoms with E-state index in [2.05, 4.69) is 5.10 Å². The van der Waals surface area contributed by atoms with Crippen LogP contribution in [0.1, 0.15) is 35.9 Å². The van der Waals surface area contributed by atoms with E-state index in [1.54, 1.807) is 16.9 Å². The molecule has 0 amide bonds. The molecule has 19 heavy (non-hydrogen) atoms. The molecular weight excluding hydrogens is 250 g/mol. The second kappa shape index (κ2) is 5.30. The van der Waals surface area contributed by atoms with Crippen molar-refractivity contribution < 1.29 is 13.6 Å². The van der Waals surface area contributed by atoms with Crippen LogP contribution in [0.15, 0.2) is 30.5 Å². The Morgan fingerprint density at radius 3 is 2.42 bits per heavy atom. The number of carbonyl (C=O) groups excluding carboxylic acids is 1. The highest BCUT2D eigenvalue weighted by Crippen LogP contribution is 2.12. The van der Waals surface area contributed by atoms with Gasteiger partial charge in [0.2, 0.25) is 0 Å². The predicted octanol–water partition coefficient (Wildman–Crippen LogP) is 3.17. The molecule has 100 valence electrons. The van der Waals surface area contributed by atoms with Crippen LogP contribution < -0.4 is 0 Å². The zero-order chi connectivity index (χ0) is 14.0. The molecule has 5 heteroatoms. The molecule has 0 saturated carbocycles. The van der Waals surface area contributed by atoms with Crippen molar-refractivity contribution in [1.29, 1.82) is 0 Å². The molecule has 1 heterocycles. The fourth-order valence-corrected chi connectivity index (χ4v) is 1.74.